The standard InChI is InChI=1S/C16H25N5/c1-4-17-12(2)13-6-9-21(10-7-13)16-15-14(5-8-18-16)20(3)11-19-15/h5,8,11-13,17H,4,6-7,9-10H2,1-3H3. The number of aromatic nitrogens is 3. The fourth-order valence-corrected chi connectivity index (χ4v) is 3.38. The zero-order valence-electron chi connectivity index (χ0n) is 13.2. The second kappa shape index (κ2) is 6.02. The molecule has 0 bridgehead atoms. The Bertz CT molecular complexity index is 598. The summed E-state index contributed by atoms with van der Waals surface area (Å²) >= 11 is 0. The third-order valence-electron chi connectivity index (χ3n) is 4.70. The monoisotopic (exact) mass is 287 g/mol. The highest BCUT2D eigenvalue weighted by Crippen LogP contribution is 2.28. The topological polar surface area (TPSA) is 46.0 Å². The van der Waals surface area contributed by atoms with Crippen molar-refractivity contribution in [3.63, 3.8) is 0 Å². The lowest BCUT2D eigenvalue weighted by Crippen LogP contribution is -2.42. The molecule has 0 aliphatic carbocycles. The van der Waals surface area contributed by atoms with Gasteiger partial charge in [0.25, 0.3) is 0 Å². The first kappa shape index (κ1) is 14.3. The molecule has 1 unspecified atom stereocenters. The quantitative estimate of drug-likeness (QED) is 0.936. The van der Waals surface area contributed by atoms with Crippen LogP contribution in [0.5, 0.6) is 0 Å². The summed E-state index contributed by atoms with van der Waals surface area (Å²) < 4.78 is 2.06. The van der Waals surface area contributed by atoms with Gasteiger partial charge in [-0.05, 0) is 38.3 Å². The van der Waals surface area contributed by atoms with Gasteiger partial charge in [-0.15, -0.1) is 0 Å². The van der Waals surface area contributed by atoms with Gasteiger partial charge < -0.3 is 14.8 Å². The summed E-state index contributed by atoms with van der Waals surface area (Å²) in [7, 11) is 2.03. The lowest BCUT2D eigenvalue weighted by molar-refractivity contribution is 0.314. The van der Waals surface area contributed by atoms with Crippen LogP contribution in [0.15, 0.2) is 18.6 Å². The molecule has 21 heavy (non-hydrogen) atoms. The summed E-state index contributed by atoms with van der Waals surface area (Å²) in [6, 6.07) is 2.64. The van der Waals surface area contributed by atoms with Crippen molar-refractivity contribution in [2.24, 2.45) is 13.0 Å². The molecule has 1 saturated heterocycles. The highest BCUT2D eigenvalue weighted by Gasteiger charge is 2.25. The van der Waals surface area contributed by atoms with E-state index in [4.69, 9.17) is 0 Å². The highest BCUT2D eigenvalue weighted by atomic mass is 15.2. The lowest BCUT2D eigenvalue weighted by atomic mass is 9.90. The summed E-state index contributed by atoms with van der Waals surface area (Å²) in [4.78, 5) is 11.5. The van der Waals surface area contributed by atoms with E-state index in [-0.39, 0.29) is 0 Å². The van der Waals surface area contributed by atoms with Crippen molar-refractivity contribution in [2.45, 2.75) is 32.7 Å². The number of pyridine rings is 1. The fourth-order valence-electron chi connectivity index (χ4n) is 3.38. The maximum absolute atomic E-state index is 4.58. The molecule has 0 aromatic carbocycles. The number of hydrogen-bond donors (Lipinski definition) is 1. The van der Waals surface area contributed by atoms with E-state index in [9.17, 15) is 0 Å². The summed E-state index contributed by atoms with van der Waals surface area (Å²) in [5, 5.41) is 3.55. The summed E-state index contributed by atoms with van der Waals surface area (Å²) in [5.74, 6) is 1.81. The Morgan fingerprint density at radius 3 is 2.81 bits per heavy atom. The number of nitrogens with zero attached hydrogens (tertiary/aromatic N) is 4. The number of rotatable bonds is 4. The summed E-state index contributed by atoms with van der Waals surface area (Å²) in [5.41, 5.74) is 2.18. The van der Waals surface area contributed by atoms with Gasteiger partial charge in [-0.25, -0.2) is 9.97 Å². The SMILES string of the molecule is CCNC(C)C1CCN(c2nccc3c2ncn3C)CC1. The van der Waals surface area contributed by atoms with Crippen LogP contribution in [0.4, 0.5) is 5.82 Å². The second-order valence-corrected chi connectivity index (χ2v) is 6.03. The molecule has 2 aromatic rings. The third-order valence-corrected chi connectivity index (χ3v) is 4.70. The van der Waals surface area contributed by atoms with E-state index in [0.29, 0.717) is 6.04 Å². The van der Waals surface area contributed by atoms with Crippen molar-refractivity contribution >= 4 is 16.9 Å². The average Bonchev–Trinajstić information content (AvgIpc) is 2.89. The van der Waals surface area contributed by atoms with Crippen LogP contribution in [0.25, 0.3) is 11.0 Å². The first-order chi connectivity index (χ1) is 10.2. The molecule has 114 valence electrons. The third kappa shape index (κ3) is 2.75. The Balaban J connectivity index is 1.74. The van der Waals surface area contributed by atoms with Gasteiger partial charge in [0.05, 0.1) is 11.8 Å². The predicted octanol–water partition coefficient (Wildman–Crippen LogP) is 2.18. The number of anilines is 1. The van der Waals surface area contributed by atoms with Crippen LogP contribution < -0.4 is 10.2 Å². The molecule has 0 radical (unpaired) electrons. The van der Waals surface area contributed by atoms with Gasteiger partial charge in [-0.2, -0.15) is 0 Å². The van der Waals surface area contributed by atoms with Crippen LogP contribution in [0, 0.1) is 5.92 Å². The van der Waals surface area contributed by atoms with Crippen LogP contribution >= 0.6 is 0 Å². The minimum atomic E-state index is 0.607. The molecule has 1 aliphatic rings. The predicted molar refractivity (Wildman–Crippen MR) is 86.6 cm³/mol. The van der Waals surface area contributed by atoms with Crippen molar-refractivity contribution in [3.05, 3.63) is 18.6 Å². The zero-order chi connectivity index (χ0) is 14.8. The molecule has 3 heterocycles. The number of imidazole rings is 1. The number of hydrogen-bond acceptors (Lipinski definition) is 4. The van der Waals surface area contributed by atoms with E-state index in [2.05, 4.69) is 38.6 Å². The summed E-state index contributed by atoms with van der Waals surface area (Å²) in [6.45, 7) is 7.68. The Labute approximate surface area is 126 Å². The molecule has 2 aromatic heterocycles. The van der Waals surface area contributed by atoms with Crippen molar-refractivity contribution in [2.75, 3.05) is 24.5 Å². The van der Waals surface area contributed by atoms with E-state index in [0.717, 1.165) is 42.4 Å². The zero-order valence-corrected chi connectivity index (χ0v) is 13.2. The molecule has 1 aliphatic heterocycles. The first-order valence-electron chi connectivity index (χ1n) is 7.95. The second-order valence-electron chi connectivity index (χ2n) is 6.03. The maximum atomic E-state index is 4.58. The molecule has 0 amide bonds. The van der Waals surface area contributed by atoms with Crippen molar-refractivity contribution in [3.8, 4) is 0 Å². The molecule has 5 heteroatoms. The van der Waals surface area contributed by atoms with Crippen LogP contribution in [-0.4, -0.2) is 40.2 Å². The van der Waals surface area contributed by atoms with Gasteiger partial charge >= 0.3 is 0 Å². The van der Waals surface area contributed by atoms with Crippen LogP contribution in [0.1, 0.15) is 26.7 Å². The summed E-state index contributed by atoms with van der Waals surface area (Å²) in [6.07, 6.45) is 6.21. The molecule has 0 spiro atoms. The van der Waals surface area contributed by atoms with Gasteiger partial charge in [0, 0.05) is 32.4 Å². The van der Waals surface area contributed by atoms with Gasteiger partial charge in [0.1, 0.15) is 5.52 Å². The largest absolute Gasteiger partial charge is 0.355 e. The van der Waals surface area contributed by atoms with Crippen LogP contribution in [-0.2, 0) is 7.05 Å². The number of nitrogens with one attached hydrogen (secondary N) is 1. The fraction of sp³-hybridized carbons (Fsp3) is 0.625. The van der Waals surface area contributed by atoms with Gasteiger partial charge in [0.2, 0.25) is 0 Å². The smallest absolute Gasteiger partial charge is 0.156 e. The molecule has 5 nitrogen and oxygen atoms in total. The number of piperidine rings is 1. The molecule has 1 fully saturated rings. The number of fused-ring (bicyclic) bond motifs is 1. The van der Waals surface area contributed by atoms with Crippen LogP contribution in [0.2, 0.25) is 0 Å². The number of aryl methyl sites for hydroxylation is 1. The molecule has 1 N–H and O–H groups in total. The molecular formula is C16H25N5. The molecule has 3 rings (SSSR count). The molecule has 1 atom stereocenters. The normalized spacial score (nSPS) is 18.3. The Hall–Kier alpha value is -1.62. The Kier molecular flexibility index (Phi) is 4.10. The lowest BCUT2D eigenvalue weighted by Gasteiger charge is -2.35. The molecule has 0 saturated carbocycles. The van der Waals surface area contributed by atoms with Crippen LogP contribution in [0.3, 0.4) is 0 Å². The van der Waals surface area contributed by atoms with Gasteiger partial charge in [-0.3, -0.25) is 0 Å². The van der Waals surface area contributed by atoms with Gasteiger partial charge in [-0.1, -0.05) is 6.92 Å². The van der Waals surface area contributed by atoms with E-state index in [1.807, 2.05) is 25.6 Å². The van der Waals surface area contributed by atoms with E-state index in [1.165, 1.54) is 12.8 Å². The minimum Gasteiger partial charge on any atom is -0.355 e. The Morgan fingerprint density at radius 2 is 2.10 bits per heavy atom. The Morgan fingerprint density at radius 1 is 1.33 bits per heavy atom. The molecular weight excluding hydrogens is 262 g/mol. The van der Waals surface area contributed by atoms with E-state index >= 15 is 0 Å². The maximum Gasteiger partial charge on any atom is 0.156 e. The van der Waals surface area contributed by atoms with Crippen molar-refractivity contribution in [1.82, 2.24) is 19.9 Å². The first-order valence-corrected chi connectivity index (χ1v) is 7.95. The van der Waals surface area contributed by atoms with Crippen molar-refractivity contribution in [1.29, 1.82) is 0 Å². The van der Waals surface area contributed by atoms with Crippen molar-refractivity contribution < 1.29 is 0 Å². The minimum absolute atomic E-state index is 0.607. The van der Waals surface area contributed by atoms with E-state index in [1.54, 1.807) is 0 Å². The average molecular weight is 287 g/mol. The highest BCUT2D eigenvalue weighted by molar-refractivity contribution is 5.86. The van der Waals surface area contributed by atoms with Gasteiger partial charge in [0.15, 0.2) is 5.82 Å². The van der Waals surface area contributed by atoms with E-state index < -0.39 is 0 Å².